The van der Waals surface area contributed by atoms with Crippen molar-refractivity contribution in [1.29, 1.82) is 0 Å². The van der Waals surface area contributed by atoms with Gasteiger partial charge in [-0.05, 0) is 25.0 Å². The first-order valence-corrected chi connectivity index (χ1v) is 5.47. The molecule has 0 heterocycles. The number of unbranched alkanes of at least 4 members (excludes halogenated alkanes) is 1. The van der Waals surface area contributed by atoms with Gasteiger partial charge in [-0.3, -0.25) is 4.79 Å². The van der Waals surface area contributed by atoms with E-state index in [2.05, 4.69) is 5.32 Å². The molecular formula is C11H12ClF2NO. The maximum atomic E-state index is 12.8. The van der Waals surface area contributed by atoms with Gasteiger partial charge in [0.2, 0.25) is 0 Å². The fraction of sp³-hybridized carbons (Fsp3) is 0.364. The van der Waals surface area contributed by atoms with Crippen LogP contribution >= 0.6 is 11.6 Å². The van der Waals surface area contributed by atoms with Crippen molar-refractivity contribution < 1.29 is 13.6 Å². The molecule has 5 heteroatoms. The Morgan fingerprint density at radius 1 is 1.19 bits per heavy atom. The summed E-state index contributed by atoms with van der Waals surface area (Å²) in [5, 5.41) is 2.56. The number of halogens is 3. The van der Waals surface area contributed by atoms with E-state index in [1.54, 1.807) is 0 Å². The maximum Gasteiger partial charge on any atom is 0.251 e. The lowest BCUT2D eigenvalue weighted by Crippen LogP contribution is -2.24. The van der Waals surface area contributed by atoms with Gasteiger partial charge in [0, 0.05) is 24.1 Å². The third-order valence-corrected chi connectivity index (χ3v) is 2.24. The molecule has 1 N–H and O–H groups in total. The van der Waals surface area contributed by atoms with Crippen LogP contribution in [0.3, 0.4) is 0 Å². The molecule has 0 bridgehead atoms. The summed E-state index contributed by atoms with van der Waals surface area (Å²) in [7, 11) is 0. The van der Waals surface area contributed by atoms with E-state index in [1.165, 1.54) is 0 Å². The van der Waals surface area contributed by atoms with E-state index in [1.807, 2.05) is 0 Å². The van der Waals surface area contributed by atoms with E-state index < -0.39 is 17.5 Å². The highest BCUT2D eigenvalue weighted by molar-refractivity contribution is 6.17. The number of amides is 1. The Hall–Kier alpha value is -1.16. The van der Waals surface area contributed by atoms with Crippen LogP contribution < -0.4 is 5.32 Å². The second kappa shape index (κ2) is 6.43. The van der Waals surface area contributed by atoms with Crippen LogP contribution in [0.5, 0.6) is 0 Å². The van der Waals surface area contributed by atoms with Crippen LogP contribution in [0.25, 0.3) is 0 Å². The van der Waals surface area contributed by atoms with Crippen LogP contribution in [-0.2, 0) is 0 Å². The third kappa shape index (κ3) is 4.14. The quantitative estimate of drug-likeness (QED) is 0.629. The lowest BCUT2D eigenvalue weighted by molar-refractivity contribution is 0.0952. The highest BCUT2D eigenvalue weighted by Gasteiger charge is 2.08. The molecule has 0 radical (unpaired) electrons. The Morgan fingerprint density at radius 2 is 1.81 bits per heavy atom. The molecule has 0 aliphatic heterocycles. The van der Waals surface area contributed by atoms with E-state index in [9.17, 15) is 13.6 Å². The zero-order valence-corrected chi connectivity index (χ0v) is 9.36. The summed E-state index contributed by atoms with van der Waals surface area (Å²) in [6.07, 6.45) is 1.53. The zero-order chi connectivity index (χ0) is 12.0. The molecule has 0 spiro atoms. The molecule has 16 heavy (non-hydrogen) atoms. The topological polar surface area (TPSA) is 29.1 Å². The van der Waals surface area contributed by atoms with Crippen LogP contribution in [-0.4, -0.2) is 18.3 Å². The number of nitrogens with one attached hydrogen (secondary N) is 1. The van der Waals surface area contributed by atoms with E-state index in [-0.39, 0.29) is 5.56 Å². The second-order valence-corrected chi connectivity index (χ2v) is 3.69. The van der Waals surface area contributed by atoms with Crippen LogP contribution in [0, 0.1) is 11.6 Å². The Kier molecular flexibility index (Phi) is 5.19. The highest BCUT2D eigenvalue weighted by atomic mass is 35.5. The Balaban J connectivity index is 2.52. The summed E-state index contributed by atoms with van der Waals surface area (Å²) in [5.74, 6) is -1.46. The van der Waals surface area contributed by atoms with Crippen molar-refractivity contribution in [2.45, 2.75) is 12.8 Å². The number of alkyl halides is 1. The number of hydrogen-bond donors (Lipinski definition) is 1. The van der Waals surface area contributed by atoms with Crippen molar-refractivity contribution in [3.05, 3.63) is 35.4 Å². The van der Waals surface area contributed by atoms with Crippen LogP contribution in [0.4, 0.5) is 8.78 Å². The molecule has 0 saturated heterocycles. The monoisotopic (exact) mass is 247 g/mol. The minimum absolute atomic E-state index is 0.0108. The summed E-state index contributed by atoms with van der Waals surface area (Å²) < 4.78 is 25.6. The average molecular weight is 248 g/mol. The Morgan fingerprint density at radius 3 is 2.38 bits per heavy atom. The molecule has 0 aliphatic carbocycles. The molecule has 1 amide bonds. The predicted octanol–water partition coefficient (Wildman–Crippen LogP) is 2.71. The molecule has 0 fully saturated rings. The molecule has 1 rings (SSSR count). The minimum atomic E-state index is -0.758. The van der Waals surface area contributed by atoms with Gasteiger partial charge in [-0.2, -0.15) is 0 Å². The molecule has 0 unspecified atom stereocenters. The van der Waals surface area contributed by atoms with Gasteiger partial charge >= 0.3 is 0 Å². The maximum absolute atomic E-state index is 12.8. The van der Waals surface area contributed by atoms with E-state index >= 15 is 0 Å². The first-order chi connectivity index (χ1) is 7.63. The zero-order valence-electron chi connectivity index (χ0n) is 8.60. The van der Waals surface area contributed by atoms with Crippen molar-refractivity contribution in [2.24, 2.45) is 0 Å². The number of carbonyl (C=O) groups excluding carboxylic acids is 1. The largest absolute Gasteiger partial charge is 0.352 e. The molecule has 88 valence electrons. The predicted molar refractivity (Wildman–Crippen MR) is 58.6 cm³/mol. The van der Waals surface area contributed by atoms with Crippen LogP contribution in [0.1, 0.15) is 23.2 Å². The summed E-state index contributed by atoms with van der Waals surface area (Å²) >= 11 is 5.46. The number of benzene rings is 1. The third-order valence-electron chi connectivity index (χ3n) is 1.97. The molecule has 1 aromatic carbocycles. The van der Waals surface area contributed by atoms with Gasteiger partial charge in [0.15, 0.2) is 0 Å². The van der Waals surface area contributed by atoms with Gasteiger partial charge in [-0.15, -0.1) is 11.6 Å². The number of hydrogen-bond acceptors (Lipinski definition) is 1. The average Bonchev–Trinajstić information content (AvgIpc) is 2.22. The fourth-order valence-corrected chi connectivity index (χ4v) is 1.40. The standard InChI is InChI=1S/C11H12ClF2NO/c12-3-1-2-4-15-11(16)8-5-9(13)7-10(14)6-8/h5-7H,1-4H2,(H,15,16). The second-order valence-electron chi connectivity index (χ2n) is 3.31. The first kappa shape index (κ1) is 12.9. The SMILES string of the molecule is O=C(NCCCCCl)c1cc(F)cc(F)c1. The Bertz CT molecular complexity index is 351. The molecule has 0 aliphatic rings. The highest BCUT2D eigenvalue weighted by Crippen LogP contribution is 2.07. The summed E-state index contributed by atoms with van der Waals surface area (Å²) in [6.45, 7) is 0.448. The summed E-state index contributed by atoms with van der Waals surface area (Å²) in [5.41, 5.74) is -0.0108. The molecule has 0 aromatic heterocycles. The van der Waals surface area contributed by atoms with Gasteiger partial charge in [0.1, 0.15) is 11.6 Å². The van der Waals surface area contributed by atoms with Crippen LogP contribution in [0.2, 0.25) is 0 Å². The van der Waals surface area contributed by atoms with E-state index in [0.717, 1.165) is 31.0 Å². The van der Waals surface area contributed by atoms with Gasteiger partial charge in [0.05, 0.1) is 0 Å². The van der Waals surface area contributed by atoms with E-state index in [0.29, 0.717) is 12.4 Å². The summed E-state index contributed by atoms with van der Waals surface area (Å²) in [6, 6.07) is 2.73. The van der Waals surface area contributed by atoms with Gasteiger partial charge in [-0.1, -0.05) is 0 Å². The van der Waals surface area contributed by atoms with Gasteiger partial charge in [-0.25, -0.2) is 8.78 Å². The van der Waals surface area contributed by atoms with Crippen molar-refractivity contribution in [3.63, 3.8) is 0 Å². The smallest absolute Gasteiger partial charge is 0.251 e. The lowest BCUT2D eigenvalue weighted by atomic mass is 10.2. The van der Waals surface area contributed by atoms with Crippen molar-refractivity contribution in [3.8, 4) is 0 Å². The van der Waals surface area contributed by atoms with Crippen molar-refractivity contribution in [2.75, 3.05) is 12.4 Å². The van der Waals surface area contributed by atoms with Crippen molar-refractivity contribution >= 4 is 17.5 Å². The fourth-order valence-electron chi connectivity index (χ4n) is 1.21. The molecule has 0 atom stereocenters. The number of carbonyl (C=O) groups is 1. The lowest BCUT2D eigenvalue weighted by Gasteiger charge is -2.04. The molecule has 0 saturated carbocycles. The number of rotatable bonds is 5. The normalized spacial score (nSPS) is 10.2. The molecule has 1 aromatic rings. The van der Waals surface area contributed by atoms with E-state index in [4.69, 9.17) is 11.6 Å². The molecular weight excluding hydrogens is 236 g/mol. The van der Waals surface area contributed by atoms with Gasteiger partial charge in [0.25, 0.3) is 5.91 Å². The van der Waals surface area contributed by atoms with Gasteiger partial charge < -0.3 is 5.32 Å². The van der Waals surface area contributed by atoms with Crippen molar-refractivity contribution in [1.82, 2.24) is 5.32 Å². The minimum Gasteiger partial charge on any atom is -0.352 e. The van der Waals surface area contributed by atoms with Crippen LogP contribution in [0.15, 0.2) is 18.2 Å². The Labute approximate surface area is 97.6 Å². The first-order valence-electron chi connectivity index (χ1n) is 4.93. The molecule has 2 nitrogen and oxygen atoms in total. The summed E-state index contributed by atoms with van der Waals surface area (Å²) in [4.78, 5) is 11.4.